The molecule has 2 rings (SSSR count). The molecule has 4 N–H and O–H groups in total. The summed E-state index contributed by atoms with van der Waals surface area (Å²) in [5.41, 5.74) is -0.00951. The van der Waals surface area contributed by atoms with E-state index in [4.69, 9.17) is 12.9 Å². The molecule has 8 heteroatoms. The smallest absolute Gasteiger partial charge is 0.119 e. The van der Waals surface area contributed by atoms with Crippen LogP contribution >= 0.6 is 0 Å². The summed E-state index contributed by atoms with van der Waals surface area (Å²) in [7, 11) is 0. The Morgan fingerprint density at radius 2 is 1.80 bits per heavy atom. The van der Waals surface area contributed by atoms with Gasteiger partial charge in [-0.25, -0.2) is 0 Å². The third-order valence-corrected chi connectivity index (χ3v) is 4.84. The second-order valence-corrected chi connectivity index (χ2v) is 8.45. The molecule has 1 amide bonds. The van der Waals surface area contributed by atoms with Crippen LogP contribution in [0.1, 0.15) is 20.3 Å². The van der Waals surface area contributed by atoms with Crippen LogP contribution in [-0.4, -0.2) is 40.0 Å². The summed E-state index contributed by atoms with van der Waals surface area (Å²) in [6.07, 6.45) is 1.06. The summed E-state index contributed by atoms with van der Waals surface area (Å²) in [4.78, 5) is 10.7. The topological polar surface area (TPSA) is 116 Å². The van der Waals surface area contributed by atoms with Gasteiger partial charge in [0.25, 0.3) is 0 Å². The minimum atomic E-state index is -4.98. The number of anilines is 1. The molecule has 0 aromatic heterocycles. The van der Waals surface area contributed by atoms with Gasteiger partial charge in [0, 0.05) is 0 Å². The standard InChI is InChI=1S/C9H12O.C8H10AsNO5/c1-2-8-10-9-6-4-3-5-7-9;1-5(11)10-7-4-6(9(13,14)15)2-3-8(7)12/h3-7H,2,8H2,1H3;2-4,12H,1H3,(H,10,11)(H2,13,14,15). The minimum absolute atomic E-state index is 0.00951. The summed E-state index contributed by atoms with van der Waals surface area (Å²) in [6, 6.07) is 13.2. The zero-order valence-electron chi connectivity index (χ0n) is 14.0. The maximum Gasteiger partial charge on any atom is 0.119 e. The predicted octanol–water partition coefficient (Wildman–Crippen LogP) is 1.39. The maximum atomic E-state index is 10.9. The van der Waals surface area contributed by atoms with Gasteiger partial charge in [-0.15, -0.1) is 0 Å². The third-order valence-electron chi connectivity index (χ3n) is 2.84. The van der Waals surface area contributed by atoms with E-state index >= 15 is 0 Å². The van der Waals surface area contributed by atoms with Crippen molar-refractivity contribution in [2.75, 3.05) is 11.9 Å². The van der Waals surface area contributed by atoms with Crippen LogP contribution in [0, 0.1) is 0 Å². The van der Waals surface area contributed by atoms with Gasteiger partial charge >= 0.3 is 88.1 Å². The molecule has 0 atom stereocenters. The van der Waals surface area contributed by atoms with E-state index in [-0.39, 0.29) is 15.8 Å². The summed E-state index contributed by atoms with van der Waals surface area (Å²) >= 11 is -4.98. The molecular formula is C17H22AsNO6. The van der Waals surface area contributed by atoms with Gasteiger partial charge in [0.1, 0.15) is 5.75 Å². The molecule has 0 spiro atoms. The molecule has 0 radical (unpaired) electrons. The molecule has 0 fully saturated rings. The van der Waals surface area contributed by atoms with Crippen LogP contribution in [0.4, 0.5) is 5.69 Å². The number of benzene rings is 2. The molecule has 0 saturated heterocycles. The Kier molecular flexibility index (Phi) is 8.28. The Morgan fingerprint density at radius 3 is 2.32 bits per heavy atom. The Hall–Kier alpha value is -2.21. The van der Waals surface area contributed by atoms with Crippen LogP contribution in [0.2, 0.25) is 0 Å². The van der Waals surface area contributed by atoms with Crippen LogP contribution in [0.25, 0.3) is 0 Å². The van der Waals surface area contributed by atoms with Crippen molar-refractivity contribution in [3.63, 3.8) is 0 Å². The maximum absolute atomic E-state index is 10.9. The van der Waals surface area contributed by atoms with E-state index in [1.54, 1.807) is 0 Å². The Labute approximate surface area is 149 Å². The number of phenolic OH excluding ortho intramolecular Hbond substituents is 1. The average Bonchev–Trinajstić information content (AvgIpc) is 2.55. The Balaban J connectivity index is 0.000000271. The van der Waals surface area contributed by atoms with Crippen molar-refractivity contribution in [2.45, 2.75) is 20.3 Å². The second-order valence-electron chi connectivity index (χ2n) is 5.09. The quantitative estimate of drug-likeness (QED) is 0.437. The fraction of sp³-hybridized carbons (Fsp3) is 0.235. The second kappa shape index (κ2) is 9.93. The first-order valence-corrected chi connectivity index (χ1v) is 11.0. The number of phenols is 1. The number of amides is 1. The van der Waals surface area contributed by atoms with E-state index in [0.717, 1.165) is 37.0 Å². The number of hydrogen-bond donors (Lipinski definition) is 4. The van der Waals surface area contributed by atoms with Crippen molar-refractivity contribution in [1.82, 2.24) is 0 Å². The Bertz CT molecular complexity index is 729. The monoisotopic (exact) mass is 411 g/mol. The van der Waals surface area contributed by atoms with Gasteiger partial charge < -0.3 is 4.74 Å². The SMILES string of the molecule is CC(=O)Nc1cc([As](=O)(O)O)ccc1O.CCCOc1ccccc1. The number of nitrogens with one attached hydrogen (secondary N) is 1. The van der Waals surface area contributed by atoms with Crippen molar-refractivity contribution in [3.05, 3.63) is 48.5 Å². The summed E-state index contributed by atoms with van der Waals surface area (Å²) in [5.74, 6) is 0.294. The molecular weight excluding hydrogens is 389 g/mol. The number of aromatic hydroxyl groups is 1. The van der Waals surface area contributed by atoms with E-state index in [0.29, 0.717) is 0 Å². The number of hydrogen-bond acceptors (Lipinski definition) is 4. The van der Waals surface area contributed by atoms with Crippen molar-refractivity contribution in [1.29, 1.82) is 0 Å². The van der Waals surface area contributed by atoms with Crippen molar-refractivity contribution in [3.8, 4) is 11.5 Å². The number of rotatable bonds is 5. The molecule has 2 aromatic carbocycles. The van der Waals surface area contributed by atoms with E-state index in [1.807, 2.05) is 30.3 Å². The summed E-state index contributed by atoms with van der Waals surface area (Å²) in [6.45, 7) is 4.14. The molecule has 0 aliphatic rings. The third kappa shape index (κ3) is 7.94. The van der Waals surface area contributed by atoms with Gasteiger partial charge in [-0.2, -0.15) is 0 Å². The van der Waals surface area contributed by atoms with E-state index in [1.165, 1.54) is 6.92 Å². The van der Waals surface area contributed by atoms with Gasteiger partial charge in [0.15, 0.2) is 0 Å². The van der Waals surface area contributed by atoms with E-state index < -0.39 is 20.1 Å². The fourth-order valence-corrected chi connectivity index (χ4v) is 2.92. The fourth-order valence-electron chi connectivity index (χ4n) is 1.73. The first-order valence-electron chi connectivity index (χ1n) is 7.58. The predicted molar refractivity (Wildman–Crippen MR) is 95.2 cm³/mol. The summed E-state index contributed by atoms with van der Waals surface area (Å²) < 4.78 is 33.9. The van der Waals surface area contributed by atoms with Crippen LogP contribution in [0.3, 0.4) is 0 Å². The van der Waals surface area contributed by atoms with Crippen molar-refractivity contribution >= 4 is 30.1 Å². The van der Waals surface area contributed by atoms with Crippen molar-refractivity contribution in [2.24, 2.45) is 0 Å². The average molecular weight is 411 g/mol. The number of para-hydroxylation sites is 1. The first kappa shape index (κ1) is 20.8. The molecule has 2 aromatic rings. The summed E-state index contributed by atoms with van der Waals surface area (Å²) in [5, 5.41) is 11.6. The Morgan fingerprint density at radius 1 is 1.16 bits per heavy atom. The van der Waals surface area contributed by atoms with Gasteiger partial charge in [0.2, 0.25) is 0 Å². The van der Waals surface area contributed by atoms with Crippen LogP contribution in [0.15, 0.2) is 48.5 Å². The van der Waals surface area contributed by atoms with Gasteiger partial charge in [-0.3, -0.25) is 0 Å². The molecule has 0 heterocycles. The minimum Gasteiger partial charge on any atom is -0.494 e. The number of carbonyl (C=O) groups excluding carboxylic acids is 1. The molecule has 25 heavy (non-hydrogen) atoms. The molecule has 0 unspecified atom stereocenters. The van der Waals surface area contributed by atoms with Crippen LogP contribution < -0.4 is 14.4 Å². The molecule has 0 aliphatic carbocycles. The van der Waals surface area contributed by atoms with Gasteiger partial charge in [-0.1, -0.05) is 25.1 Å². The van der Waals surface area contributed by atoms with Crippen LogP contribution in [0.5, 0.6) is 11.5 Å². The van der Waals surface area contributed by atoms with E-state index in [9.17, 15) is 13.6 Å². The van der Waals surface area contributed by atoms with E-state index in [2.05, 4.69) is 12.2 Å². The van der Waals surface area contributed by atoms with Crippen LogP contribution in [-0.2, 0) is 8.53 Å². The first-order chi connectivity index (χ1) is 11.7. The van der Waals surface area contributed by atoms with Crippen molar-refractivity contribution < 1.29 is 26.6 Å². The molecule has 0 saturated carbocycles. The van der Waals surface area contributed by atoms with Gasteiger partial charge in [0.05, 0.1) is 6.61 Å². The molecule has 136 valence electrons. The van der Waals surface area contributed by atoms with Gasteiger partial charge in [-0.05, 0) is 18.6 Å². The zero-order chi connectivity index (χ0) is 18.9. The number of ether oxygens (including phenoxy) is 1. The molecule has 0 aliphatic heterocycles. The molecule has 7 nitrogen and oxygen atoms in total. The molecule has 0 bridgehead atoms. The largest absolute Gasteiger partial charge is 0.494 e. The zero-order valence-corrected chi connectivity index (χ0v) is 15.9. The normalized spacial score (nSPS) is 10.4. The number of carbonyl (C=O) groups is 1.